The lowest BCUT2D eigenvalue weighted by molar-refractivity contribution is 0.0977. The molecule has 0 N–H and O–H groups in total. The Bertz CT molecular complexity index is 697. The maximum absolute atomic E-state index is 12.5. The van der Waals surface area contributed by atoms with E-state index in [2.05, 4.69) is 0 Å². The lowest BCUT2D eigenvalue weighted by Gasteiger charge is -2.12. The Morgan fingerprint density at radius 3 is 2.48 bits per heavy atom. The number of hydrogen-bond donors (Lipinski definition) is 0. The molecule has 108 valence electrons. The maximum atomic E-state index is 12.5. The summed E-state index contributed by atoms with van der Waals surface area (Å²) in [6, 6.07) is 8.60. The fourth-order valence-corrected chi connectivity index (χ4v) is 2.11. The largest absolute Gasteiger partial charge is 0.493 e. The number of nitriles is 1. The lowest BCUT2D eigenvalue weighted by atomic mass is 9.92. The summed E-state index contributed by atoms with van der Waals surface area (Å²) < 4.78 is 15.5. The average Bonchev–Trinajstić information content (AvgIpc) is 2.93. The van der Waals surface area contributed by atoms with Crippen molar-refractivity contribution >= 4 is 5.78 Å². The van der Waals surface area contributed by atoms with E-state index < -0.39 is 5.92 Å². The highest BCUT2D eigenvalue weighted by atomic mass is 16.5. The van der Waals surface area contributed by atoms with Crippen LogP contribution in [0.15, 0.2) is 34.9 Å². The molecule has 1 heterocycles. The summed E-state index contributed by atoms with van der Waals surface area (Å²) in [5.41, 5.74) is 0.970. The van der Waals surface area contributed by atoms with Crippen LogP contribution in [-0.4, -0.2) is 20.0 Å². The molecule has 2 rings (SSSR count). The van der Waals surface area contributed by atoms with E-state index in [9.17, 15) is 10.1 Å². The van der Waals surface area contributed by atoms with Crippen molar-refractivity contribution in [2.75, 3.05) is 14.2 Å². The first-order chi connectivity index (χ1) is 10.1. The summed E-state index contributed by atoms with van der Waals surface area (Å²) in [7, 11) is 3.03. The minimum atomic E-state index is -0.916. The van der Waals surface area contributed by atoms with Gasteiger partial charge in [0.1, 0.15) is 11.7 Å². The number of nitrogens with zero attached hydrogens (tertiary/aromatic N) is 1. The van der Waals surface area contributed by atoms with Gasteiger partial charge in [-0.2, -0.15) is 5.26 Å². The molecule has 0 amide bonds. The Kier molecular flexibility index (Phi) is 4.29. The highest BCUT2D eigenvalue weighted by Crippen LogP contribution is 2.32. The summed E-state index contributed by atoms with van der Waals surface area (Å²) >= 11 is 0. The summed E-state index contributed by atoms with van der Waals surface area (Å²) in [6.07, 6.45) is 1.44. The molecule has 21 heavy (non-hydrogen) atoms. The van der Waals surface area contributed by atoms with Crippen molar-refractivity contribution in [1.82, 2.24) is 0 Å². The van der Waals surface area contributed by atoms with Gasteiger partial charge >= 0.3 is 0 Å². The fourth-order valence-electron chi connectivity index (χ4n) is 2.11. The molecule has 1 atom stereocenters. The molecule has 0 bridgehead atoms. The molecular weight excluding hydrogens is 270 g/mol. The summed E-state index contributed by atoms with van der Waals surface area (Å²) in [5, 5.41) is 9.36. The first-order valence-electron chi connectivity index (χ1n) is 6.32. The van der Waals surface area contributed by atoms with E-state index in [-0.39, 0.29) is 5.78 Å². The molecule has 0 aliphatic heterocycles. The first kappa shape index (κ1) is 14.7. The van der Waals surface area contributed by atoms with Gasteiger partial charge in [0, 0.05) is 0 Å². The Morgan fingerprint density at radius 1 is 1.24 bits per heavy atom. The zero-order valence-corrected chi connectivity index (χ0v) is 12.0. The zero-order valence-electron chi connectivity index (χ0n) is 12.0. The van der Waals surface area contributed by atoms with Gasteiger partial charge in [-0.05, 0) is 30.7 Å². The highest BCUT2D eigenvalue weighted by molar-refractivity contribution is 6.03. The SMILES string of the molecule is COc1ccc(C(C#N)C(=O)c2ccoc2C)cc1OC. The van der Waals surface area contributed by atoms with Crippen molar-refractivity contribution in [1.29, 1.82) is 5.26 Å². The van der Waals surface area contributed by atoms with Crippen LogP contribution in [0.3, 0.4) is 0 Å². The smallest absolute Gasteiger partial charge is 0.187 e. The number of benzene rings is 1. The van der Waals surface area contributed by atoms with E-state index in [4.69, 9.17) is 13.9 Å². The standard InChI is InChI=1S/C16H15NO4/c1-10-12(6-7-21-10)16(18)13(9-17)11-4-5-14(19-2)15(8-11)20-3/h4-8,13H,1-3H3. The van der Waals surface area contributed by atoms with Crippen LogP contribution < -0.4 is 9.47 Å². The number of aryl methyl sites for hydroxylation is 1. The van der Waals surface area contributed by atoms with E-state index in [1.807, 2.05) is 6.07 Å². The number of hydrogen-bond acceptors (Lipinski definition) is 5. The second-order valence-electron chi connectivity index (χ2n) is 4.43. The molecule has 0 aliphatic rings. The van der Waals surface area contributed by atoms with Crippen molar-refractivity contribution in [3.05, 3.63) is 47.4 Å². The molecular formula is C16H15NO4. The molecule has 0 saturated carbocycles. The van der Waals surface area contributed by atoms with Crippen molar-refractivity contribution in [2.45, 2.75) is 12.8 Å². The molecule has 5 nitrogen and oxygen atoms in total. The van der Waals surface area contributed by atoms with E-state index in [0.29, 0.717) is 28.4 Å². The van der Waals surface area contributed by atoms with Gasteiger partial charge in [-0.15, -0.1) is 0 Å². The van der Waals surface area contributed by atoms with Gasteiger partial charge in [-0.25, -0.2) is 0 Å². The van der Waals surface area contributed by atoms with E-state index in [0.717, 1.165) is 0 Å². The van der Waals surface area contributed by atoms with Gasteiger partial charge in [0.15, 0.2) is 17.3 Å². The summed E-state index contributed by atoms with van der Waals surface area (Å²) in [5.74, 6) is 0.314. The predicted octanol–water partition coefficient (Wildman–Crippen LogP) is 3.10. The summed E-state index contributed by atoms with van der Waals surface area (Å²) in [4.78, 5) is 12.5. The number of furan rings is 1. The lowest BCUT2D eigenvalue weighted by Crippen LogP contribution is -2.11. The molecule has 0 aliphatic carbocycles. The van der Waals surface area contributed by atoms with E-state index >= 15 is 0 Å². The predicted molar refractivity (Wildman–Crippen MR) is 75.7 cm³/mol. The fraction of sp³-hybridized carbons (Fsp3) is 0.250. The minimum Gasteiger partial charge on any atom is -0.493 e. The van der Waals surface area contributed by atoms with Gasteiger partial charge in [-0.3, -0.25) is 4.79 Å². The Hall–Kier alpha value is -2.74. The van der Waals surface area contributed by atoms with Gasteiger partial charge in [0.2, 0.25) is 0 Å². The third kappa shape index (κ3) is 2.75. The molecule has 5 heteroatoms. The third-order valence-electron chi connectivity index (χ3n) is 3.26. The quantitative estimate of drug-likeness (QED) is 0.789. The van der Waals surface area contributed by atoms with Gasteiger partial charge in [0.25, 0.3) is 0 Å². The monoisotopic (exact) mass is 285 g/mol. The molecule has 1 aromatic heterocycles. The van der Waals surface area contributed by atoms with Crippen LogP contribution in [0.4, 0.5) is 0 Å². The molecule has 2 aromatic rings. The second kappa shape index (κ2) is 6.14. The van der Waals surface area contributed by atoms with Gasteiger partial charge in [0.05, 0.1) is 32.1 Å². The number of carbonyl (C=O) groups is 1. The Balaban J connectivity index is 2.41. The number of ketones is 1. The van der Waals surface area contributed by atoms with Crippen LogP contribution in [0.25, 0.3) is 0 Å². The Morgan fingerprint density at radius 2 is 1.95 bits per heavy atom. The van der Waals surface area contributed by atoms with Gasteiger partial charge in [-0.1, -0.05) is 6.07 Å². The van der Waals surface area contributed by atoms with Crippen LogP contribution in [0, 0.1) is 18.3 Å². The molecule has 0 fully saturated rings. The molecule has 0 saturated heterocycles. The number of ether oxygens (including phenoxy) is 2. The number of methoxy groups -OCH3 is 2. The average molecular weight is 285 g/mol. The first-order valence-corrected chi connectivity index (χ1v) is 6.32. The van der Waals surface area contributed by atoms with Crippen molar-refractivity contribution in [3.63, 3.8) is 0 Å². The van der Waals surface area contributed by atoms with Crippen molar-refractivity contribution in [2.24, 2.45) is 0 Å². The molecule has 0 spiro atoms. The molecule has 0 radical (unpaired) electrons. The second-order valence-corrected chi connectivity index (χ2v) is 4.43. The van der Waals surface area contributed by atoms with Crippen LogP contribution in [0.1, 0.15) is 27.6 Å². The normalized spacial score (nSPS) is 11.5. The topological polar surface area (TPSA) is 72.5 Å². The van der Waals surface area contributed by atoms with Crippen LogP contribution in [-0.2, 0) is 0 Å². The van der Waals surface area contributed by atoms with Crippen LogP contribution in [0.5, 0.6) is 11.5 Å². The third-order valence-corrected chi connectivity index (χ3v) is 3.26. The van der Waals surface area contributed by atoms with Crippen molar-refractivity contribution < 1.29 is 18.7 Å². The number of rotatable bonds is 5. The zero-order chi connectivity index (χ0) is 15.4. The minimum absolute atomic E-state index is 0.295. The van der Waals surface area contributed by atoms with Crippen molar-refractivity contribution in [3.8, 4) is 17.6 Å². The van der Waals surface area contributed by atoms with Gasteiger partial charge < -0.3 is 13.9 Å². The molecule has 1 unspecified atom stereocenters. The maximum Gasteiger partial charge on any atom is 0.187 e. The van der Waals surface area contributed by atoms with E-state index in [1.54, 1.807) is 31.2 Å². The van der Waals surface area contributed by atoms with Crippen LogP contribution >= 0.6 is 0 Å². The van der Waals surface area contributed by atoms with Crippen LogP contribution in [0.2, 0.25) is 0 Å². The highest BCUT2D eigenvalue weighted by Gasteiger charge is 2.25. The van der Waals surface area contributed by atoms with E-state index in [1.165, 1.54) is 20.5 Å². The number of carbonyl (C=O) groups excluding carboxylic acids is 1. The summed E-state index contributed by atoms with van der Waals surface area (Å²) in [6.45, 7) is 1.69. The number of Topliss-reactive ketones (excluding diaryl/α,β-unsaturated/α-hetero) is 1. The molecule has 1 aromatic carbocycles. The Labute approximate surface area is 122 Å².